The van der Waals surface area contributed by atoms with Crippen molar-refractivity contribution in [1.82, 2.24) is 10.6 Å². The third-order valence-corrected chi connectivity index (χ3v) is 3.83. The van der Waals surface area contributed by atoms with Gasteiger partial charge in [-0.3, -0.25) is 4.99 Å². The predicted octanol–water partition coefficient (Wildman–Crippen LogP) is 2.67. The van der Waals surface area contributed by atoms with Gasteiger partial charge in [0, 0.05) is 18.3 Å². The summed E-state index contributed by atoms with van der Waals surface area (Å²) in [6, 6.07) is 6.62. The van der Waals surface area contributed by atoms with E-state index in [-0.39, 0.29) is 5.82 Å². The first-order valence-corrected chi connectivity index (χ1v) is 8.24. The van der Waals surface area contributed by atoms with Gasteiger partial charge in [0.1, 0.15) is 5.82 Å². The highest BCUT2D eigenvalue weighted by atomic mass is 32.2. The van der Waals surface area contributed by atoms with Gasteiger partial charge in [-0.25, -0.2) is 4.39 Å². The molecule has 5 heteroatoms. The molecular formula is C15H24FN3S. The van der Waals surface area contributed by atoms with Crippen LogP contribution in [0.15, 0.2) is 29.3 Å². The standard InChI is InChI=1S/C15H24FN3S/c1-4-17-15(19-11-12(2)20-3)18-10-9-13-5-7-14(16)8-6-13/h5-8,12H,4,9-11H2,1-3H3,(H2,17,18,19). The minimum atomic E-state index is -0.192. The van der Waals surface area contributed by atoms with E-state index in [2.05, 4.69) is 35.7 Å². The zero-order valence-corrected chi connectivity index (χ0v) is 13.3. The van der Waals surface area contributed by atoms with Crippen LogP contribution in [0, 0.1) is 5.82 Å². The third kappa shape index (κ3) is 6.80. The number of benzene rings is 1. The minimum absolute atomic E-state index is 0.192. The molecule has 1 aromatic carbocycles. The van der Waals surface area contributed by atoms with Crippen LogP contribution in [0.1, 0.15) is 19.4 Å². The van der Waals surface area contributed by atoms with Crippen LogP contribution in [-0.4, -0.2) is 37.1 Å². The van der Waals surface area contributed by atoms with Crippen molar-refractivity contribution >= 4 is 17.7 Å². The summed E-state index contributed by atoms with van der Waals surface area (Å²) in [5, 5.41) is 7.04. The Labute approximate surface area is 125 Å². The lowest BCUT2D eigenvalue weighted by atomic mass is 10.1. The Bertz CT molecular complexity index is 406. The first-order valence-electron chi connectivity index (χ1n) is 6.95. The van der Waals surface area contributed by atoms with E-state index in [9.17, 15) is 4.39 Å². The number of aliphatic imine (C=N–C) groups is 1. The summed E-state index contributed by atoms with van der Waals surface area (Å²) in [6.07, 6.45) is 2.94. The topological polar surface area (TPSA) is 36.4 Å². The van der Waals surface area contributed by atoms with Gasteiger partial charge in [-0.15, -0.1) is 0 Å². The normalized spacial score (nSPS) is 13.1. The maximum atomic E-state index is 12.8. The zero-order chi connectivity index (χ0) is 14.8. The van der Waals surface area contributed by atoms with Crippen LogP contribution in [0.5, 0.6) is 0 Å². The van der Waals surface area contributed by atoms with Gasteiger partial charge in [0.05, 0.1) is 6.54 Å². The van der Waals surface area contributed by atoms with E-state index in [1.807, 2.05) is 23.9 Å². The summed E-state index contributed by atoms with van der Waals surface area (Å²) in [5.41, 5.74) is 1.12. The van der Waals surface area contributed by atoms with E-state index in [0.717, 1.165) is 37.6 Å². The minimum Gasteiger partial charge on any atom is -0.357 e. The molecule has 0 bridgehead atoms. The van der Waals surface area contributed by atoms with Crippen LogP contribution in [0.2, 0.25) is 0 Å². The van der Waals surface area contributed by atoms with Crippen molar-refractivity contribution in [2.24, 2.45) is 4.99 Å². The van der Waals surface area contributed by atoms with Gasteiger partial charge in [0.2, 0.25) is 0 Å². The molecule has 1 atom stereocenters. The van der Waals surface area contributed by atoms with Gasteiger partial charge in [-0.05, 0) is 37.3 Å². The van der Waals surface area contributed by atoms with Crippen molar-refractivity contribution in [1.29, 1.82) is 0 Å². The number of halogens is 1. The lowest BCUT2D eigenvalue weighted by Crippen LogP contribution is -2.38. The fraction of sp³-hybridized carbons (Fsp3) is 0.533. The highest BCUT2D eigenvalue weighted by Crippen LogP contribution is 2.04. The van der Waals surface area contributed by atoms with Gasteiger partial charge in [0.15, 0.2) is 5.96 Å². The summed E-state index contributed by atoms with van der Waals surface area (Å²) >= 11 is 1.81. The van der Waals surface area contributed by atoms with E-state index in [4.69, 9.17) is 0 Å². The van der Waals surface area contributed by atoms with Crippen molar-refractivity contribution < 1.29 is 4.39 Å². The molecule has 0 aliphatic heterocycles. The van der Waals surface area contributed by atoms with Gasteiger partial charge < -0.3 is 10.6 Å². The molecule has 0 radical (unpaired) electrons. The molecule has 3 nitrogen and oxygen atoms in total. The maximum Gasteiger partial charge on any atom is 0.191 e. The molecule has 2 N–H and O–H groups in total. The molecule has 0 saturated heterocycles. The Morgan fingerprint density at radius 2 is 2.00 bits per heavy atom. The Kier molecular flexibility index (Phi) is 8.11. The van der Waals surface area contributed by atoms with Crippen LogP contribution >= 0.6 is 11.8 Å². The highest BCUT2D eigenvalue weighted by Gasteiger charge is 2.01. The maximum absolute atomic E-state index is 12.8. The van der Waals surface area contributed by atoms with E-state index >= 15 is 0 Å². The molecule has 20 heavy (non-hydrogen) atoms. The van der Waals surface area contributed by atoms with Crippen molar-refractivity contribution in [2.75, 3.05) is 25.9 Å². The average molecular weight is 297 g/mol. The van der Waals surface area contributed by atoms with Crippen LogP contribution in [0.4, 0.5) is 4.39 Å². The quantitative estimate of drug-likeness (QED) is 0.600. The SMILES string of the molecule is CCNC(=NCC(C)SC)NCCc1ccc(F)cc1. The van der Waals surface area contributed by atoms with E-state index in [1.165, 1.54) is 12.1 Å². The smallest absolute Gasteiger partial charge is 0.191 e. The number of thioether (sulfide) groups is 1. The number of nitrogens with zero attached hydrogens (tertiary/aromatic N) is 1. The van der Waals surface area contributed by atoms with Gasteiger partial charge >= 0.3 is 0 Å². The number of hydrogen-bond donors (Lipinski definition) is 2. The molecule has 0 amide bonds. The lowest BCUT2D eigenvalue weighted by molar-refractivity contribution is 0.626. The fourth-order valence-corrected chi connectivity index (χ4v) is 1.84. The second-order valence-electron chi connectivity index (χ2n) is 4.57. The number of nitrogens with one attached hydrogen (secondary N) is 2. The molecule has 112 valence electrons. The molecule has 1 aromatic rings. The van der Waals surface area contributed by atoms with E-state index in [1.54, 1.807) is 0 Å². The second kappa shape index (κ2) is 9.64. The Morgan fingerprint density at radius 1 is 1.30 bits per heavy atom. The first kappa shape index (κ1) is 16.8. The molecule has 0 heterocycles. The first-order chi connectivity index (χ1) is 9.65. The fourth-order valence-electron chi connectivity index (χ4n) is 1.61. The van der Waals surface area contributed by atoms with Crippen molar-refractivity contribution in [2.45, 2.75) is 25.5 Å². The van der Waals surface area contributed by atoms with E-state index < -0.39 is 0 Å². The summed E-state index contributed by atoms with van der Waals surface area (Å²) in [6.45, 7) is 6.64. The molecule has 1 rings (SSSR count). The summed E-state index contributed by atoms with van der Waals surface area (Å²) < 4.78 is 12.8. The molecular weight excluding hydrogens is 273 g/mol. The number of guanidine groups is 1. The van der Waals surface area contributed by atoms with Crippen LogP contribution in [0.3, 0.4) is 0 Å². The largest absolute Gasteiger partial charge is 0.357 e. The molecule has 0 aliphatic carbocycles. The summed E-state index contributed by atoms with van der Waals surface area (Å²) in [4.78, 5) is 4.54. The highest BCUT2D eigenvalue weighted by molar-refractivity contribution is 7.99. The van der Waals surface area contributed by atoms with E-state index in [0.29, 0.717) is 5.25 Å². The molecule has 1 unspecified atom stereocenters. The van der Waals surface area contributed by atoms with Gasteiger partial charge in [-0.1, -0.05) is 19.1 Å². The van der Waals surface area contributed by atoms with Crippen LogP contribution < -0.4 is 10.6 Å². The van der Waals surface area contributed by atoms with Crippen LogP contribution in [-0.2, 0) is 6.42 Å². The molecule has 0 aromatic heterocycles. The average Bonchev–Trinajstić information content (AvgIpc) is 2.46. The van der Waals surface area contributed by atoms with Gasteiger partial charge in [-0.2, -0.15) is 11.8 Å². The number of hydrogen-bond acceptors (Lipinski definition) is 2. The third-order valence-electron chi connectivity index (χ3n) is 2.87. The monoisotopic (exact) mass is 297 g/mol. The molecule has 0 fully saturated rings. The van der Waals surface area contributed by atoms with Crippen molar-refractivity contribution in [3.8, 4) is 0 Å². The Balaban J connectivity index is 2.40. The van der Waals surface area contributed by atoms with Crippen molar-refractivity contribution in [3.05, 3.63) is 35.6 Å². The van der Waals surface area contributed by atoms with Gasteiger partial charge in [0.25, 0.3) is 0 Å². The molecule has 0 aliphatic rings. The summed E-state index contributed by atoms with van der Waals surface area (Å²) in [7, 11) is 0. The van der Waals surface area contributed by atoms with Crippen LogP contribution in [0.25, 0.3) is 0 Å². The molecule has 0 spiro atoms. The number of rotatable bonds is 7. The Morgan fingerprint density at radius 3 is 2.60 bits per heavy atom. The lowest BCUT2D eigenvalue weighted by Gasteiger charge is -2.12. The zero-order valence-electron chi connectivity index (χ0n) is 12.4. The molecule has 0 saturated carbocycles. The second-order valence-corrected chi connectivity index (χ2v) is 5.85. The van der Waals surface area contributed by atoms with Crippen molar-refractivity contribution in [3.63, 3.8) is 0 Å². The Hall–Kier alpha value is -1.23. The summed E-state index contributed by atoms with van der Waals surface area (Å²) in [5.74, 6) is 0.651. The predicted molar refractivity (Wildman–Crippen MR) is 87.1 cm³/mol.